The molecule has 0 aromatic heterocycles. The first-order valence-electron chi connectivity index (χ1n) is 7.59. The Hall–Kier alpha value is -0.120. The maximum absolute atomic E-state index is 3.68. The highest BCUT2D eigenvalue weighted by molar-refractivity contribution is 4.83. The van der Waals surface area contributed by atoms with E-state index in [1.807, 2.05) is 0 Å². The molecule has 0 saturated heterocycles. The van der Waals surface area contributed by atoms with Crippen molar-refractivity contribution in [3.63, 3.8) is 0 Å². The highest BCUT2D eigenvalue weighted by Gasteiger charge is 2.27. The molecule has 1 N–H and O–H groups in total. The van der Waals surface area contributed by atoms with Gasteiger partial charge < -0.3 is 15.1 Å². The smallest absolute Gasteiger partial charge is 0.0110 e. The predicted molar refractivity (Wildman–Crippen MR) is 80.0 cm³/mol. The van der Waals surface area contributed by atoms with Crippen LogP contribution in [0.4, 0.5) is 0 Å². The zero-order valence-corrected chi connectivity index (χ0v) is 13.1. The van der Waals surface area contributed by atoms with Crippen LogP contribution >= 0.6 is 0 Å². The molecular weight excluding hydrogens is 222 g/mol. The van der Waals surface area contributed by atoms with Crippen molar-refractivity contribution in [3.05, 3.63) is 0 Å². The molecule has 1 rings (SSSR count). The van der Waals surface area contributed by atoms with Crippen LogP contribution in [0.25, 0.3) is 0 Å². The second-order valence-corrected chi connectivity index (χ2v) is 6.58. The van der Waals surface area contributed by atoms with Crippen LogP contribution in [0.3, 0.4) is 0 Å². The van der Waals surface area contributed by atoms with Crippen LogP contribution in [0.15, 0.2) is 0 Å². The van der Waals surface area contributed by atoms with Crippen molar-refractivity contribution in [1.29, 1.82) is 0 Å². The first kappa shape index (κ1) is 15.9. The van der Waals surface area contributed by atoms with Gasteiger partial charge in [-0.3, -0.25) is 0 Å². The van der Waals surface area contributed by atoms with Crippen molar-refractivity contribution < 1.29 is 0 Å². The Balaban J connectivity index is 2.17. The quantitative estimate of drug-likeness (QED) is 0.643. The minimum absolute atomic E-state index is 0.722. The molecule has 0 aliphatic heterocycles. The Labute approximate surface area is 114 Å². The summed E-state index contributed by atoms with van der Waals surface area (Å²) in [7, 11) is 4.31. The van der Waals surface area contributed by atoms with E-state index in [1.54, 1.807) is 0 Å². The van der Waals surface area contributed by atoms with E-state index in [1.165, 1.54) is 32.5 Å². The van der Waals surface area contributed by atoms with Crippen molar-refractivity contribution >= 4 is 0 Å². The van der Waals surface area contributed by atoms with Crippen molar-refractivity contribution in [3.8, 4) is 0 Å². The van der Waals surface area contributed by atoms with Crippen LogP contribution in [0.2, 0.25) is 0 Å². The van der Waals surface area contributed by atoms with Gasteiger partial charge in [0.15, 0.2) is 0 Å². The van der Waals surface area contributed by atoms with Crippen LogP contribution in [-0.2, 0) is 0 Å². The molecule has 0 amide bonds. The third kappa shape index (κ3) is 7.34. The summed E-state index contributed by atoms with van der Waals surface area (Å²) in [6.07, 6.45) is 2.87. The summed E-state index contributed by atoms with van der Waals surface area (Å²) in [6.45, 7) is 12.8. The van der Waals surface area contributed by atoms with Gasteiger partial charge in [0, 0.05) is 38.8 Å². The summed E-state index contributed by atoms with van der Waals surface area (Å²) in [5, 5.41) is 3.68. The zero-order chi connectivity index (χ0) is 13.5. The number of hydrogen-bond donors (Lipinski definition) is 1. The fourth-order valence-electron chi connectivity index (χ4n) is 2.37. The lowest BCUT2D eigenvalue weighted by Gasteiger charge is -2.26. The zero-order valence-electron chi connectivity index (χ0n) is 13.1. The second kappa shape index (κ2) is 8.13. The van der Waals surface area contributed by atoms with E-state index in [4.69, 9.17) is 0 Å². The lowest BCUT2D eigenvalue weighted by Crippen LogP contribution is -2.40. The summed E-state index contributed by atoms with van der Waals surface area (Å²) in [4.78, 5) is 4.87. The molecule has 3 heteroatoms. The molecule has 1 fully saturated rings. The summed E-state index contributed by atoms with van der Waals surface area (Å²) < 4.78 is 0. The Morgan fingerprint density at radius 2 is 1.72 bits per heavy atom. The van der Waals surface area contributed by atoms with Crippen molar-refractivity contribution in [2.45, 2.75) is 39.7 Å². The first-order valence-corrected chi connectivity index (χ1v) is 7.59. The number of rotatable bonds is 10. The molecule has 0 bridgehead atoms. The fourth-order valence-corrected chi connectivity index (χ4v) is 2.37. The maximum Gasteiger partial charge on any atom is 0.0110 e. The van der Waals surface area contributed by atoms with Gasteiger partial charge in [-0.2, -0.15) is 0 Å². The van der Waals surface area contributed by atoms with E-state index in [2.05, 4.69) is 50.0 Å². The van der Waals surface area contributed by atoms with Crippen LogP contribution in [0.1, 0.15) is 33.6 Å². The van der Waals surface area contributed by atoms with Crippen molar-refractivity contribution in [2.75, 3.05) is 46.8 Å². The Morgan fingerprint density at radius 3 is 2.22 bits per heavy atom. The minimum atomic E-state index is 0.722. The van der Waals surface area contributed by atoms with E-state index in [0.717, 1.165) is 31.0 Å². The van der Waals surface area contributed by atoms with Crippen LogP contribution < -0.4 is 5.32 Å². The molecule has 1 saturated carbocycles. The minimum Gasteiger partial charge on any atom is -0.313 e. The number of nitrogens with zero attached hydrogens (tertiary/aromatic N) is 2. The molecule has 0 aromatic rings. The SMILES string of the molecule is CC(C)CN(CCNC(C)C1CC1)CCN(C)C. The van der Waals surface area contributed by atoms with Gasteiger partial charge in [0.05, 0.1) is 0 Å². The third-order valence-electron chi connectivity index (χ3n) is 3.71. The normalized spacial score (nSPS) is 18.0. The second-order valence-electron chi connectivity index (χ2n) is 6.58. The van der Waals surface area contributed by atoms with Gasteiger partial charge >= 0.3 is 0 Å². The summed E-state index contributed by atoms with van der Waals surface area (Å²) >= 11 is 0. The standard InChI is InChI=1S/C15H33N3/c1-13(2)12-18(11-10-17(4)5)9-8-16-14(3)15-6-7-15/h13-16H,6-12H2,1-5H3. The third-order valence-corrected chi connectivity index (χ3v) is 3.71. The van der Waals surface area contributed by atoms with Gasteiger partial charge in [0.2, 0.25) is 0 Å². The van der Waals surface area contributed by atoms with Crippen molar-refractivity contribution in [2.24, 2.45) is 11.8 Å². The molecule has 0 radical (unpaired) electrons. The van der Waals surface area contributed by atoms with Gasteiger partial charge in [0.25, 0.3) is 0 Å². The topological polar surface area (TPSA) is 18.5 Å². The molecule has 1 unspecified atom stereocenters. The molecule has 0 aromatic carbocycles. The van der Waals surface area contributed by atoms with E-state index in [9.17, 15) is 0 Å². The molecule has 1 aliphatic rings. The highest BCUT2D eigenvalue weighted by Crippen LogP contribution is 2.32. The number of likely N-dealkylation sites (N-methyl/N-ethyl adjacent to an activating group) is 1. The molecule has 3 nitrogen and oxygen atoms in total. The molecule has 1 atom stereocenters. The van der Waals surface area contributed by atoms with Crippen LogP contribution in [0.5, 0.6) is 0 Å². The molecule has 1 aliphatic carbocycles. The maximum atomic E-state index is 3.68. The van der Waals surface area contributed by atoms with E-state index in [0.29, 0.717) is 0 Å². The van der Waals surface area contributed by atoms with E-state index in [-0.39, 0.29) is 0 Å². The summed E-state index contributed by atoms with van der Waals surface area (Å²) in [5.41, 5.74) is 0. The molecule has 0 spiro atoms. The molecule has 108 valence electrons. The van der Waals surface area contributed by atoms with Crippen LogP contribution in [0, 0.1) is 11.8 Å². The van der Waals surface area contributed by atoms with Gasteiger partial charge in [0.1, 0.15) is 0 Å². The average molecular weight is 255 g/mol. The molecular formula is C15H33N3. The number of hydrogen-bond acceptors (Lipinski definition) is 3. The molecule has 18 heavy (non-hydrogen) atoms. The highest BCUT2D eigenvalue weighted by atomic mass is 15.2. The summed E-state index contributed by atoms with van der Waals surface area (Å²) in [5.74, 6) is 1.72. The van der Waals surface area contributed by atoms with Gasteiger partial charge in [-0.05, 0) is 45.7 Å². The van der Waals surface area contributed by atoms with E-state index < -0.39 is 0 Å². The Bertz CT molecular complexity index is 212. The Kier molecular flexibility index (Phi) is 7.20. The fraction of sp³-hybridized carbons (Fsp3) is 1.00. The summed E-state index contributed by atoms with van der Waals surface area (Å²) in [6, 6.07) is 0.722. The number of nitrogens with one attached hydrogen (secondary N) is 1. The van der Waals surface area contributed by atoms with Crippen molar-refractivity contribution in [1.82, 2.24) is 15.1 Å². The van der Waals surface area contributed by atoms with Gasteiger partial charge in [-0.15, -0.1) is 0 Å². The van der Waals surface area contributed by atoms with Crippen LogP contribution in [-0.4, -0.2) is 62.7 Å². The predicted octanol–water partition coefficient (Wildman–Crippen LogP) is 1.89. The molecule has 0 heterocycles. The lowest BCUT2D eigenvalue weighted by atomic mass is 10.2. The average Bonchev–Trinajstić information content (AvgIpc) is 3.08. The lowest BCUT2D eigenvalue weighted by molar-refractivity contribution is 0.216. The van der Waals surface area contributed by atoms with Gasteiger partial charge in [-0.25, -0.2) is 0 Å². The van der Waals surface area contributed by atoms with E-state index >= 15 is 0 Å². The monoisotopic (exact) mass is 255 g/mol. The first-order chi connectivity index (χ1) is 8.49. The largest absolute Gasteiger partial charge is 0.313 e. The van der Waals surface area contributed by atoms with Gasteiger partial charge in [-0.1, -0.05) is 13.8 Å². The Morgan fingerprint density at radius 1 is 1.06 bits per heavy atom.